The maximum atomic E-state index is 12.8. The zero-order valence-electron chi connectivity index (χ0n) is 17.8. The standard InChI is InChI=1S/C23H28N2O6/c1-15(2)20(25-23(29)31-14-16-9-5-4-6-10-16)21(26)24-18(22(27)28)13-17-11-7-8-12-19(17)30-3/h4-12,15,18,20H,13-14H2,1-3H3,(H,24,26)(H,25,29)(H,27,28)/t18-,20-/m1/s1. The molecule has 0 radical (unpaired) electrons. The number of benzene rings is 2. The number of carboxylic acids is 1. The quantitative estimate of drug-likeness (QED) is 0.536. The van der Waals surface area contributed by atoms with Crippen molar-refractivity contribution < 1.29 is 29.0 Å². The molecule has 2 aromatic carbocycles. The third-order valence-electron chi connectivity index (χ3n) is 4.67. The van der Waals surface area contributed by atoms with Crippen molar-refractivity contribution in [3.63, 3.8) is 0 Å². The van der Waals surface area contributed by atoms with Crippen molar-refractivity contribution in [2.45, 2.75) is 39.0 Å². The van der Waals surface area contributed by atoms with E-state index in [0.717, 1.165) is 5.56 Å². The predicted octanol–water partition coefficient (Wildman–Crippen LogP) is 2.76. The van der Waals surface area contributed by atoms with Crippen LogP contribution in [0.25, 0.3) is 0 Å². The summed E-state index contributed by atoms with van der Waals surface area (Å²) in [5.41, 5.74) is 1.46. The summed E-state index contributed by atoms with van der Waals surface area (Å²) in [5.74, 6) is -1.54. The molecule has 2 rings (SSSR count). The average molecular weight is 428 g/mol. The number of carboxylic acid groups (broad SMARTS) is 1. The van der Waals surface area contributed by atoms with Crippen molar-refractivity contribution >= 4 is 18.0 Å². The number of alkyl carbamates (subject to hydrolysis) is 1. The lowest BCUT2D eigenvalue weighted by Gasteiger charge is -2.24. The summed E-state index contributed by atoms with van der Waals surface area (Å²) in [7, 11) is 1.49. The normalized spacial score (nSPS) is 12.5. The van der Waals surface area contributed by atoms with Gasteiger partial charge in [-0.05, 0) is 23.1 Å². The summed E-state index contributed by atoms with van der Waals surface area (Å²) in [6.07, 6.45) is -0.719. The van der Waals surface area contributed by atoms with Gasteiger partial charge in [0.2, 0.25) is 5.91 Å². The first-order valence-electron chi connectivity index (χ1n) is 9.94. The largest absolute Gasteiger partial charge is 0.496 e. The topological polar surface area (TPSA) is 114 Å². The van der Waals surface area contributed by atoms with Gasteiger partial charge in [-0.15, -0.1) is 0 Å². The molecule has 8 heteroatoms. The van der Waals surface area contributed by atoms with Crippen LogP contribution < -0.4 is 15.4 Å². The molecule has 0 aliphatic carbocycles. The third-order valence-corrected chi connectivity index (χ3v) is 4.67. The second-order valence-electron chi connectivity index (χ2n) is 7.34. The zero-order valence-corrected chi connectivity index (χ0v) is 17.8. The number of hydrogen-bond donors (Lipinski definition) is 3. The Bertz CT molecular complexity index is 885. The van der Waals surface area contributed by atoms with Gasteiger partial charge in [-0.3, -0.25) is 4.79 Å². The number of carbonyl (C=O) groups is 3. The first-order chi connectivity index (χ1) is 14.8. The number of rotatable bonds is 10. The monoisotopic (exact) mass is 428 g/mol. The molecule has 31 heavy (non-hydrogen) atoms. The highest BCUT2D eigenvalue weighted by molar-refractivity contribution is 5.89. The number of nitrogens with one attached hydrogen (secondary N) is 2. The lowest BCUT2D eigenvalue weighted by Crippen LogP contribution is -2.54. The fourth-order valence-electron chi connectivity index (χ4n) is 2.98. The second-order valence-corrected chi connectivity index (χ2v) is 7.34. The van der Waals surface area contributed by atoms with Gasteiger partial charge in [-0.2, -0.15) is 0 Å². The Labute approximate surface area is 181 Å². The number of para-hydroxylation sites is 1. The molecule has 0 saturated carbocycles. The van der Waals surface area contributed by atoms with Crippen LogP contribution in [-0.4, -0.2) is 42.3 Å². The van der Waals surface area contributed by atoms with E-state index in [1.54, 1.807) is 38.1 Å². The molecule has 2 aromatic rings. The van der Waals surface area contributed by atoms with Crippen LogP contribution in [0.4, 0.5) is 4.79 Å². The highest BCUT2D eigenvalue weighted by Gasteiger charge is 2.29. The molecule has 0 bridgehead atoms. The van der Waals surface area contributed by atoms with E-state index in [0.29, 0.717) is 11.3 Å². The smallest absolute Gasteiger partial charge is 0.408 e. The molecule has 8 nitrogen and oxygen atoms in total. The Morgan fingerprint density at radius 1 is 0.968 bits per heavy atom. The molecule has 0 saturated heterocycles. The van der Waals surface area contributed by atoms with E-state index in [4.69, 9.17) is 9.47 Å². The molecule has 166 valence electrons. The van der Waals surface area contributed by atoms with E-state index < -0.39 is 30.1 Å². The lowest BCUT2D eigenvalue weighted by atomic mass is 10.0. The minimum atomic E-state index is -1.19. The van der Waals surface area contributed by atoms with Crippen molar-refractivity contribution in [3.05, 3.63) is 65.7 Å². The lowest BCUT2D eigenvalue weighted by molar-refractivity contribution is -0.142. The number of amides is 2. The molecule has 0 aromatic heterocycles. The first kappa shape index (κ1) is 23.7. The zero-order chi connectivity index (χ0) is 22.8. The Hall–Kier alpha value is -3.55. The fourth-order valence-corrected chi connectivity index (χ4v) is 2.98. The molecule has 0 unspecified atom stereocenters. The van der Waals surface area contributed by atoms with Crippen LogP contribution in [-0.2, 0) is 27.4 Å². The van der Waals surface area contributed by atoms with E-state index in [1.165, 1.54) is 7.11 Å². The van der Waals surface area contributed by atoms with Crippen LogP contribution >= 0.6 is 0 Å². The van der Waals surface area contributed by atoms with Crippen LogP contribution in [0.5, 0.6) is 5.75 Å². The third kappa shape index (κ3) is 7.33. The molecular weight excluding hydrogens is 400 g/mol. The molecular formula is C23H28N2O6. The van der Waals surface area contributed by atoms with Crippen molar-refractivity contribution in [2.75, 3.05) is 7.11 Å². The average Bonchev–Trinajstić information content (AvgIpc) is 2.76. The maximum Gasteiger partial charge on any atom is 0.408 e. The van der Waals surface area contributed by atoms with Gasteiger partial charge in [-0.1, -0.05) is 62.4 Å². The van der Waals surface area contributed by atoms with Gasteiger partial charge in [-0.25, -0.2) is 9.59 Å². The van der Waals surface area contributed by atoms with Crippen LogP contribution in [0, 0.1) is 5.92 Å². The summed E-state index contributed by atoms with van der Waals surface area (Å²) in [5, 5.41) is 14.6. The van der Waals surface area contributed by atoms with Gasteiger partial charge in [0.25, 0.3) is 0 Å². The van der Waals surface area contributed by atoms with E-state index in [-0.39, 0.29) is 18.9 Å². The van der Waals surface area contributed by atoms with E-state index in [1.807, 2.05) is 30.3 Å². The van der Waals surface area contributed by atoms with Gasteiger partial charge in [0, 0.05) is 6.42 Å². The van der Waals surface area contributed by atoms with E-state index in [2.05, 4.69) is 10.6 Å². The van der Waals surface area contributed by atoms with Crippen molar-refractivity contribution in [1.29, 1.82) is 0 Å². The summed E-state index contributed by atoms with van der Waals surface area (Å²) < 4.78 is 10.4. The van der Waals surface area contributed by atoms with Crippen LogP contribution in [0.2, 0.25) is 0 Å². The number of methoxy groups -OCH3 is 1. The summed E-state index contributed by atoms with van der Waals surface area (Å²) in [4.78, 5) is 36.7. The first-order valence-corrected chi connectivity index (χ1v) is 9.94. The molecule has 3 N–H and O–H groups in total. The number of aliphatic carboxylic acids is 1. The maximum absolute atomic E-state index is 12.8. The van der Waals surface area contributed by atoms with E-state index in [9.17, 15) is 19.5 Å². The van der Waals surface area contributed by atoms with Gasteiger partial charge < -0.3 is 25.2 Å². The van der Waals surface area contributed by atoms with Crippen molar-refractivity contribution in [1.82, 2.24) is 10.6 Å². The van der Waals surface area contributed by atoms with Gasteiger partial charge in [0.1, 0.15) is 24.4 Å². The highest BCUT2D eigenvalue weighted by atomic mass is 16.5. The molecule has 0 aliphatic heterocycles. The Kier molecular flexibility index (Phi) is 8.87. The second kappa shape index (κ2) is 11.6. The number of carbonyl (C=O) groups excluding carboxylic acids is 2. The fraction of sp³-hybridized carbons (Fsp3) is 0.348. The summed E-state index contributed by atoms with van der Waals surface area (Å²) in [6, 6.07) is 14.0. The van der Waals surface area contributed by atoms with Crippen molar-refractivity contribution in [2.24, 2.45) is 5.92 Å². The minimum Gasteiger partial charge on any atom is -0.496 e. The van der Waals surface area contributed by atoms with Crippen LogP contribution in [0.15, 0.2) is 54.6 Å². The predicted molar refractivity (Wildman–Crippen MR) is 115 cm³/mol. The van der Waals surface area contributed by atoms with Crippen LogP contribution in [0.1, 0.15) is 25.0 Å². The van der Waals surface area contributed by atoms with Crippen molar-refractivity contribution in [3.8, 4) is 5.75 Å². The van der Waals surface area contributed by atoms with Gasteiger partial charge in [0.05, 0.1) is 7.11 Å². The summed E-state index contributed by atoms with van der Waals surface area (Å²) in [6.45, 7) is 3.56. The number of hydrogen-bond acceptors (Lipinski definition) is 5. The van der Waals surface area contributed by atoms with E-state index >= 15 is 0 Å². The molecule has 2 amide bonds. The van der Waals surface area contributed by atoms with Crippen LogP contribution in [0.3, 0.4) is 0 Å². The molecule has 2 atom stereocenters. The Balaban J connectivity index is 2.01. The molecule has 0 spiro atoms. The molecule has 0 fully saturated rings. The highest BCUT2D eigenvalue weighted by Crippen LogP contribution is 2.19. The van der Waals surface area contributed by atoms with Gasteiger partial charge >= 0.3 is 12.1 Å². The Morgan fingerprint density at radius 2 is 1.61 bits per heavy atom. The molecule has 0 heterocycles. The molecule has 0 aliphatic rings. The minimum absolute atomic E-state index is 0.0361. The Morgan fingerprint density at radius 3 is 2.23 bits per heavy atom. The summed E-state index contributed by atoms with van der Waals surface area (Å²) >= 11 is 0. The number of ether oxygens (including phenoxy) is 2. The SMILES string of the molecule is COc1ccccc1C[C@@H](NC(=O)[C@H](NC(=O)OCc1ccccc1)C(C)C)C(=O)O. The van der Waals surface area contributed by atoms with Gasteiger partial charge in [0.15, 0.2) is 0 Å².